The number of fused-ring (bicyclic) bond motifs is 2. The van der Waals surface area contributed by atoms with Crippen molar-refractivity contribution in [1.82, 2.24) is 14.7 Å². The highest BCUT2D eigenvalue weighted by Crippen LogP contribution is 2.47. The summed E-state index contributed by atoms with van der Waals surface area (Å²) in [4.78, 5) is 19.2. The van der Waals surface area contributed by atoms with Crippen molar-refractivity contribution in [3.8, 4) is 11.3 Å². The Morgan fingerprint density at radius 1 is 1.10 bits per heavy atom. The molecule has 2 aromatic carbocycles. The van der Waals surface area contributed by atoms with Crippen molar-refractivity contribution < 1.29 is 18.8 Å². The molecule has 3 aliphatic rings. The Hall–Kier alpha value is -3.07. The number of methoxy groups -OCH3 is 1. The maximum absolute atomic E-state index is 12.0. The lowest BCUT2D eigenvalue weighted by Crippen LogP contribution is -2.25. The Labute approximate surface area is 242 Å². The van der Waals surface area contributed by atoms with E-state index in [1.807, 2.05) is 31.3 Å². The van der Waals surface area contributed by atoms with Crippen LogP contribution in [0.1, 0.15) is 53.3 Å². The molecule has 0 amide bonds. The van der Waals surface area contributed by atoms with Gasteiger partial charge in [0.25, 0.3) is 0 Å². The van der Waals surface area contributed by atoms with Gasteiger partial charge in [0, 0.05) is 37.2 Å². The van der Waals surface area contributed by atoms with Crippen LogP contribution in [0.3, 0.4) is 0 Å². The first-order valence-corrected chi connectivity index (χ1v) is 14.5. The number of carbonyl (C=O) groups is 1. The average molecular weight is 582 g/mol. The number of esters is 1. The second-order valence-corrected chi connectivity index (χ2v) is 12.1. The summed E-state index contributed by atoms with van der Waals surface area (Å²) in [6, 6.07) is 11.0. The molecule has 2 aromatic heterocycles. The second kappa shape index (κ2) is 10.1. The summed E-state index contributed by atoms with van der Waals surface area (Å²) in [6.07, 6.45) is 4.39. The molecular formula is C30H30Cl2N4O4. The highest BCUT2D eigenvalue weighted by atomic mass is 35.5. The first-order valence-electron chi connectivity index (χ1n) is 13.8. The number of ether oxygens (including phenoxy) is 2. The molecule has 4 aromatic rings. The van der Waals surface area contributed by atoms with E-state index in [1.165, 1.54) is 7.11 Å². The van der Waals surface area contributed by atoms with Gasteiger partial charge in [-0.3, -0.25) is 0 Å². The molecule has 3 fully saturated rings. The molecule has 1 saturated heterocycles. The second-order valence-electron chi connectivity index (χ2n) is 11.2. The van der Waals surface area contributed by atoms with E-state index in [4.69, 9.17) is 42.2 Å². The van der Waals surface area contributed by atoms with Crippen molar-refractivity contribution in [2.45, 2.75) is 44.3 Å². The molecule has 40 heavy (non-hydrogen) atoms. The normalized spacial score (nSPS) is 22.3. The van der Waals surface area contributed by atoms with Crippen LogP contribution in [0.5, 0.6) is 0 Å². The van der Waals surface area contributed by atoms with E-state index in [1.54, 1.807) is 12.1 Å². The highest BCUT2D eigenvalue weighted by molar-refractivity contribution is 6.39. The third-order valence-electron chi connectivity index (χ3n) is 8.70. The van der Waals surface area contributed by atoms with Gasteiger partial charge in [0.05, 0.1) is 46.5 Å². The van der Waals surface area contributed by atoms with Gasteiger partial charge in [-0.15, -0.1) is 0 Å². The van der Waals surface area contributed by atoms with Crippen molar-refractivity contribution >= 4 is 46.2 Å². The topological polar surface area (TPSA) is 82.6 Å². The lowest BCUT2D eigenvalue weighted by Gasteiger charge is -2.20. The Morgan fingerprint density at radius 2 is 1.82 bits per heavy atom. The first kappa shape index (κ1) is 25.9. The van der Waals surface area contributed by atoms with Gasteiger partial charge in [0.15, 0.2) is 0 Å². The molecule has 3 heterocycles. The first-order chi connectivity index (χ1) is 19.4. The van der Waals surface area contributed by atoms with Crippen molar-refractivity contribution in [1.29, 1.82) is 0 Å². The van der Waals surface area contributed by atoms with Crippen LogP contribution < -0.4 is 4.90 Å². The van der Waals surface area contributed by atoms with Gasteiger partial charge >= 0.3 is 5.97 Å². The fourth-order valence-corrected chi connectivity index (χ4v) is 7.08. The number of rotatable bonds is 7. The molecule has 10 heteroatoms. The molecule has 0 N–H and O–H groups in total. The minimum Gasteiger partial charge on any atom is -0.465 e. The van der Waals surface area contributed by atoms with Crippen LogP contribution in [0, 0.1) is 11.8 Å². The fraction of sp³-hybridized carbons (Fsp3) is 0.433. The standard InChI is InChI=1S/C30H30Cl2N4O4/c1-35-25-9-8-17(29(37)38-2)12-24(25)33-30(35)36-13-18-10-20(11-19(18)14-36)39-15-21-27(34-40-28(21)16-6-7-16)26-22(31)4-3-5-23(26)32/h3-5,8-9,12,16,18-20H,6-7,10-11,13-15H2,1-2H3/t18-,19?,20+/m0/s1. The van der Waals surface area contributed by atoms with Crippen molar-refractivity contribution in [3.05, 3.63) is 63.3 Å². The third-order valence-corrected chi connectivity index (χ3v) is 9.33. The van der Waals surface area contributed by atoms with E-state index in [0.29, 0.717) is 51.2 Å². The molecular weight excluding hydrogens is 551 g/mol. The maximum atomic E-state index is 12.0. The number of hydrogen-bond acceptors (Lipinski definition) is 7. The van der Waals surface area contributed by atoms with Gasteiger partial charge < -0.3 is 23.5 Å². The SMILES string of the molecule is COC(=O)c1ccc2c(c1)nc(N1CC3C[C@H](OCc4c(-c5c(Cl)cccc5Cl)noc4C4CC4)C[C@H]3C1)n2C. The zero-order valence-electron chi connectivity index (χ0n) is 22.4. The number of benzene rings is 2. The van der Waals surface area contributed by atoms with Gasteiger partial charge in [-0.2, -0.15) is 0 Å². The van der Waals surface area contributed by atoms with Crippen LogP contribution in [-0.2, 0) is 23.1 Å². The Bertz CT molecular complexity index is 1580. The Morgan fingerprint density at radius 3 is 2.50 bits per heavy atom. The van der Waals surface area contributed by atoms with E-state index in [-0.39, 0.29) is 12.1 Å². The molecule has 0 radical (unpaired) electrons. The summed E-state index contributed by atoms with van der Waals surface area (Å²) in [5.41, 5.74) is 4.68. The molecule has 1 aliphatic heterocycles. The molecule has 8 nitrogen and oxygen atoms in total. The quantitative estimate of drug-likeness (QED) is 0.227. The summed E-state index contributed by atoms with van der Waals surface area (Å²) in [5, 5.41) is 5.51. The highest BCUT2D eigenvalue weighted by Gasteiger charge is 2.43. The van der Waals surface area contributed by atoms with E-state index < -0.39 is 0 Å². The summed E-state index contributed by atoms with van der Waals surface area (Å²) in [7, 11) is 3.42. The number of halogens is 2. The van der Waals surface area contributed by atoms with Crippen molar-refractivity contribution in [2.24, 2.45) is 18.9 Å². The number of carbonyl (C=O) groups excluding carboxylic acids is 1. The molecule has 0 spiro atoms. The Kier molecular flexibility index (Phi) is 6.52. The lowest BCUT2D eigenvalue weighted by molar-refractivity contribution is 0.0402. The number of imidazole rings is 1. The summed E-state index contributed by atoms with van der Waals surface area (Å²) in [5.74, 6) is 2.97. The number of aryl methyl sites for hydroxylation is 1. The van der Waals surface area contributed by atoms with Crippen LogP contribution in [0.2, 0.25) is 10.0 Å². The third kappa shape index (κ3) is 4.46. The predicted octanol–water partition coefficient (Wildman–Crippen LogP) is 6.63. The lowest BCUT2D eigenvalue weighted by atomic mass is 10.0. The van der Waals surface area contributed by atoms with E-state index in [2.05, 4.69) is 14.6 Å². The number of anilines is 1. The van der Waals surface area contributed by atoms with E-state index in [9.17, 15) is 4.79 Å². The van der Waals surface area contributed by atoms with Crippen LogP contribution in [0.25, 0.3) is 22.3 Å². The molecule has 2 aliphatic carbocycles. The molecule has 1 unspecified atom stereocenters. The van der Waals surface area contributed by atoms with Crippen LogP contribution in [-0.4, -0.2) is 47.0 Å². The minimum atomic E-state index is -0.353. The Balaban J connectivity index is 1.04. The largest absolute Gasteiger partial charge is 0.465 e. The van der Waals surface area contributed by atoms with E-state index in [0.717, 1.165) is 67.1 Å². The molecule has 7 rings (SSSR count). The molecule has 3 atom stereocenters. The van der Waals surface area contributed by atoms with Crippen LogP contribution >= 0.6 is 23.2 Å². The zero-order chi connectivity index (χ0) is 27.5. The average Bonchev–Trinajstić information content (AvgIpc) is 3.24. The zero-order valence-corrected chi connectivity index (χ0v) is 23.9. The summed E-state index contributed by atoms with van der Waals surface area (Å²) in [6.45, 7) is 2.31. The fourth-order valence-electron chi connectivity index (χ4n) is 6.51. The van der Waals surface area contributed by atoms with Gasteiger partial charge in [-0.05, 0) is 67.9 Å². The molecule has 208 valence electrons. The van der Waals surface area contributed by atoms with Gasteiger partial charge in [0.1, 0.15) is 11.5 Å². The van der Waals surface area contributed by atoms with Crippen molar-refractivity contribution in [2.75, 3.05) is 25.1 Å². The van der Waals surface area contributed by atoms with Gasteiger partial charge in [0.2, 0.25) is 5.95 Å². The van der Waals surface area contributed by atoms with Crippen LogP contribution in [0.15, 0.2) is 40.9 Å². The smallest absolute Gasteiger partial charge is 0.337 e. The summed E-state index contributed by atoms with van der Waals surface area (Å²) < 4.78 is 19.3. The van der Waals surface area contributed by atoms with E-state index >= 15 is 0 Å². The number of aromatic nitrogens is 3. The number of nitrogens with zero attached hydrogens (tertiary/aromatic N) is 4. The van der Waals surface area contributed by atoms with Gasteiger partial charge in [-0.25, -0.2) is 9.78 Å². The van der Waals surface area contributed by atoms with Crippen LogP contribution in [0.4, 0.5) is 5.95 Å². The minimum absolute atomic E-state index is 0.178. The maximum Gasteiger partial charge on any atom is 0.337 e. The summed E-state index contributed by atoms with van der Waals surface area (Å²) >= 11 is 13.0. The van der Waals surface area contributed by atoms with Crippen molar-refractivity contribution in [3.63, 3.8) is 0 Å². The predicted molar refractivity (Wildman–Crippen MR) is 153 cm³/mol. The monoisotopic (exact) mass is 580 g/mol. The molecule has 0 bridgehead atoms. The number of hydrogen-bond donors (Lipinski definition) is 0. The van der Waals surface area contributed by atoms with Gasteiger partial charge in [-0.1, -0.05) is 34.4 Å². The molecule has 2 saturated carbocycles.